The van der Waals surface area contributed by atoms with E-state index in [1.807, 2.05) is 0 Å². The number of nitrogens with zero attached hydrogens (tertiary/aromatic N) is 2. The first-order valence-corrected chi connectivity index (χ1v) is 6.70. The number of thiophene rings is 1. The van der Waals surface area contributed by atoms with Crippen molar-refractivity contribution in [1.82, 2.24) is 25.3 Å². The third-order valence-corrected chi connectivity index (χ3v) is 4.13. The summed E-state index contributed by atoms with van der Waals surface area (Å²) in [5.41, 5.74) is 1.24. The van der Waals surface area contributed by atoms with Crippen LogP contribution in [-0.4, -0.2) is 25.8 Å². The van der Waals surface area contributed by atoms with Gasteiger partial charge < -0.3 is 15.3 Å². The largest absolute Gasteiger partial charge is 0.347 e. The summed E-state index contributed by atoms with van der Waals surface area (Å²) in [5.74, 6) is -0.223. The van der Waals surface area contributed by atoms with E-state index in [4.69, 9.17) is 0 Å². The molecule has 1 amide bonds. The van der Waals surface area contributed by atoms with Gasteiger partial charge in [0.05, 0.1) is 35.2 Å². The fourth-order valence-corrected chi connectivity index (χ4v) is 3.00. The van der Waals surface area contributed by atoms with Gasteiger partial charge in [-0.25, -0.2) is 9.97 Å². The van der Waals surface area contributed by atoms with Crippen LogP contribution in [-0.2, 0) is 6.54 Å². The highest BCUT2D eigenvalue weighted by molar-refractivity contribution is 7.20. The van der Waals surface area contributed by atoms with Gasteiger partial charge in [0, 0.05) is 6.20 Å². The van der Waals surface area contributed by atoms with Crippen LogP contribution >= 0.6 is 11.3 Å². The summed E-state index contributed by atoms with van der Waals surface area (Å²) in [4.78, 5) is 38.4. The van der Waals surface area contributed by atoms with Crippen molar-refractivity contribution in [2.24, 2.45) is 0 Å². The first-order chi connectivity index (χ1) is 9.66. The van der Waals surface area contributed by atoms with Crippen LogP contribution in [0, 0.1) is 6.92 Å². The van der Waals surface area contributed by atoms with Gasteiger partial charge >= 0.3 is 0 Å². The molecule has 3 heterocycles. The van der Waals surface area contributed by atoms with Gasteiger partial charge in [-0.05, 0) is 12.5 Å². The number of fused-ring (bicyclic) bond motifs is 1. The Morgan fingerprint density at radius 2 is 2.25 bits per heavy atom. The zero-order valence-electron chi connectivity index (χ0n) is 10.6. The molecule has 20 heavy (non-hydrogen) atoms. The molecule has 0 unspecified atom stereocenters. The number of H-pyrrole nitrogens is 2. The molecule has 3 N–H and O–H groups in total. The van der Waals surface area contributed by atoms with Crippen LogP contribution in [0.15, 0.2) is 23.6 Å². The van der Waals surface area contributed by atoms with Crippen LogP contribution in [0.25, 0.3) is 10.2 Å². The Labute approximate surface area is 117 Å². The lowest BCUT2D eigenvalue weighted by Crippen LogP contribution is -2.22. The Morgan fingerprint density at radius 3 is 2.95 bits per heavy atom. The second-order valence-electron chi connectivity index (χ2n) is 4.23. The highest BCUT2D eigenvalue weighted by atomic mass is 32.1. The van der Waals surface area contributed by atoms with Gasteiger partial charge in [0.1, 0.15) is 4.83 Å². The van der Waals surface area contributed by atoms with Crippen LogP contribution in [0.3, 0.4) is 0 Å². The van der Waals surface area contributed by atoms with Crippen molar-refractivity contribution in [3.05, 3.63) is 45.3 Å². The molecule has 8 heteroatoms. The van der Waals surface area contributed by atoms with Gasteiger partial charge in [-0.2, -0.15) is 0 Å². The Balaban J connectivity index is 1.90. The third kappa shape index (κ3) is 2.10. The lowest BCUT2D eigenvalue weighted by Gasteiger charge is -2.02. The lowest BCUT2D eigenvalue weighted by atomic mass is 10.2. The summed E-state index contributed by atoms with van der Waals surface area (Å²) in [6, 6.07) is 0. The molecular weight excluding hydrogens is 278 g/mol. The SMILES string of the molecule is Cc1c(C(=O)NCc2cnc[nH]2)sc2nc[nH]c(=O)c12. The number of hydrogen-bond acceptors (Lipinski definition) is 5. The van der Waals surface area contributed by atoms with E-state index < -0.39 is 0 Å². The zero-order chi connectivity index (χ0) is 14.1. The highest BCUT2D eigenvalue weighted by Crippen LogP contribution is 2.26. The fraction of sp³-hybridized carbons (Fsp3) is 0.167. The minimum absolute atomic E-state index is 0.223. The maximum Gasteiger partial charge on any atom is 0.262 e. The molecule has 0 bridgehead atoms. The molecule has 0 aliphatic heterocycles. The quantitative estimate of drug-likeness (QED) is 0.667. The Morgan fingerprint density at radius 1 is 1.40 bits per heavy atom. The Hall–Kier alpha value is -2.48. The number of carbonyl (C=O) groups excluding carboxylic acids is 1. The molecule has 0 aliphatic rings. The number of rotatable bonds is 3. The average Bonchev–Trinajstić information content (AvgIpc) is 3.05. The number of aryl methyl sites for hydroxylation is 1. The Bertz CT molecular complexity index is 818. The summed E-state index contributed by atoms with van der Waals surface area (Å²) >= 11 is 1.21. The summed E-state index contributed by atoms with van der Waals surface area (Å²) < 4.78 is 0. The van der Waals surface area contributed by atoms with Gasteiger partial charge in [-0.1, -0.05) is 0 Å². The van der Waals surface area contributed by atoms with E-state index in [0.29, 0.717) is 27.2 Å². The number of imidazole rings is 1. The van der Waals surface area contributed by atoms with Gasteiger partial charge in [0.15, 0.2) is 0 Å². The maximum absolute atomic E-state index is 12.2. The van der Waals surface area contributed by atoms with Crippen molar-refractivity contribution >= 4 is 27.5 Å². The van der Waals surface area contributed by atoms with Crippen molar-refractivity contribution in [3.8, 4) is 0 Å². The van der Waals surface area contributed by atoms with Gasteiger partial charge in [-0.3, -0.25) is 9.59 Å². The molecule has 0 aliphatic carbocycles. The minimum atomic E-state index is -0.226. The molecule has 0 atom stereocenters. The second kappa shape index (κ2) is 4.89. The van der Waals surface area contributed by atoms with Crippen LogP contribution in [0.5, 0.6) is 0 Å². The van der Waals surface area contributed by atoms with Crippen molar-refractivity contribution in [2.75, 3.05) is 0 Å². The minimum Gasteiger partial charge on any atom is -0.347 e. The summed E-state index contributed by atoms with van der Waals surface area (Å²) in [6.07, 6.45) is 4.53. The number of carbonyl (C=O) groups is 1. The average molecular weight is 289 g/mol. The zero-order valence-corrected chi connectivity index (χ0v) is 11.4. The van der Waals surface area contributed by atoms with E-state index in [0.717, 1.165) is 5.69 Å². The molecule has 3 aromatic rings. The van der Waals surface area contributed by atoms with Crippen molar-refractivity contribution in [2.45, 2.75) is 13.5 Å². The molecule has 3 rings (SSSR count). The molecule has 0 saturated carbocycles. The second-order valence-corrected chi connectivity index (χ2v) is 5.23. The number of aromatic nitrogens is 4. The number of amides is 1. The van der Waals surface area contributed by atoms with Crippen LogP contribution in [0.2, 0.25) is 0 Å². The monoisotopic (exact) mass is 289 g/mol. The van der Waals surface area contributed by atoms with E-state index in [9.17, 15) is 9.59 Å². The first-order valence-electron chi connectivity index (χ1n) is 5.89. The van der Waals surface area contributed by atoms with Crippen molar-refractivity contribution < 1.29 is 4.79 Å². The van der Waals surface area contributed by atoms with E-state index in [2.05, 4.69) is 25.3 Å². The first kappa shape index (κ1) is 12.5. The van der Waals surface area contributed by atoms with Gasteiger partial charge in [-0.15, -0.1) is 11.3 Å². The van der Waals surface area contributed by atoms with Crippen LogP contribution in [0.1, 0.15) is 20.9 Å². The molecular formula is C12H11N5O2S. The molecule has 0 spiro atoms. The standard InChI is InChI=1S/C12H11N5O2S/c1-6-8-10(18)16-5-17-12(8)20-9(6)11(19)14-3-7-2-13-4-15-7/h2,4-5H,3H2,1H3,(H,13,15)(H,14,19)(H,16,17,18). The van der Waals surface area contributed by atoms with Gasteiger partial charge in [0.2, 0.25) is 0 Å². The number of nitrogens with one attached hydrogen (secondary N) is 3. The lowest BCUT2D eigenvalue weighted by molar-refractivity contribution is 0.0954. The molecule has 0 fully saturated rings. The molecule has 7 nitrogen and oxygen atoms in total. The van der Waals surface area contributed by atoms with Crippen LogP contribution in [0.4, 0.5) is 0 Å². The van der Waals surface area contributed by atoms with E-state index in [-0.39, 0.29) is 11.5 Å². The summed E-state index contributed by atoms with van der Waals surface area (Å²) in [6.45, 7) is 2.11. The summed E-state index contributed by atoms with van der Waals surface area (Å²) in [5, 5.41) is 3.26. The number of aromatic amines is 2. The van der Waals surface area contributed by atoms with E-state index in [1.54, 1.807) is 19.4 Å². The topological polar surface area (TPSA) is 104 Å². The fourth-order valence-electron chi connectivity index (χ4n) is 1.93. The molecule has 0 aromatic carbocycles. The van der Waals surface area contributed by atoms with Crippen molar-refractivity contribution in [3.63, 3.8) is 0 Å². The molecule has 0 radical (unpaired) electrons. The number of hydrogen-bond donors (Lipinski definition) is 3. The summed E-state index contributed by atoms with van der Waals surface area (Å²) in [7, 11) is 0. The van der Waals surface area contributed by atoms with E-state index >= 15 is 0 Å². The van der Waals surface area contributed by atoms with E-state index in [1.165, 1.54) is 17.7 Å². The molecule has 102 valence electrons. The molecule has 0 saturated heterocycles. The predicted octanol–water partition coefficient (Wildman–Crippen LogP) is 0.946. The smallest absolute Gasteiger partial charge is 0.262 e. The van der Waals surface area contributed by atoms with Crippen LogP contribution < -0.4 is 10.9 Å². The Kier molecular flexibility index (Phi) is 3.07. The third-order valence-electron chi connectivity index (χ3n) is 2.93. The normalized spacial score (nSPS) is 10.8. The highest BCUT2D eigenvalue weighted by Gasteiger charge is 2.18. The van der Waals surface area contributed by atoms with Crippen molar-refractivity contribution in [1.29, 1.82) is 0 Å². The predicted molar refractivity (Wildman–Crippen MR) is 74.7 cm³/mol. The maximum atomic E-state index is 12.2. The molecule has 3 aromatic heterocycles. The van der Waals surface area contributed by atoms with Gasteiger partial charge in [0.25, 0.3) is 11.5 Å².